The standard InChI is InChI=1S/C16H10N4OS2/c21-15(12-8-17-10-4-1-2-5-11(10)18-12)20-16-19-13(9-23-16)14-6-3-7-22-14/h1-9H,(H,19,20,21). The third kappa shape index (κ3) is 2.84. The molecule has 0 saturated carbocycles. The van der Waals surface area contributed by atoms with Gasteiger partial charge < -0.3 is 0 Å². The SMILES string of the molecule is O=C(Nc1nc(-c2cccs2)cs1)c1cnc2ccccc2n1. The smallest absolute Gasteiger partial charge is 0.277 e. The normalized spacial score (nSPS) is 10.8. The molecule has 0 radical (unpaired) electrons. The number of benzene rings is 1. The van der Waals surface area contributed by atoms with E-state index >= 15 is 0 Å². The molecular formula is C16H10N4OS2. The summed E-state index contributed by atoms with van der Waals surface area (Å²) in [5.41, 5.74) is 2.60. The van der Waals surface area contributed by atoms with Crippen LogP contribution in [-0.4, -0.2) is 20.9 Å². The molecule has 0 aliphatic carbocycles. The lowest BCUT2D eigenvalue weighted by atomic mass is 10.3. The number of hydrogen-bond acceptors (Lipinski definition) is 6. The molecule has 1 aromatic carbocycles. The molecule has 0 unspecified atom stereocenters. The number of para-hydroxylation sites is 2. The Labute approximate surface area is 139 Å². The number of nitrogens with one attached hydrogen (secondary N) is 1. The summed E-state index contributed by atoms with van der Waals surface area (Å²) in [7, 11) is 0. The number of carbonyl (C=O) groups is 1. The van der Waals surface area contributed by atoms with Crippen molar-refractivity contribution >= 4 is 44.7 Å². The lowest BCUT2D eigenvalue weighted by Gasteiger charge is -2.02. The number of amides is 1. The summed E-state index contributed by atoms with van der Waals surface area (Å²) in [5, 5.41) is 7.25. The number of anilines is 1. The Kier molecular flexibility index (Phi) is 3.57. The molecule has 0 fully saturated rings. The summed E-state index contributed by atoms with van der Waals surface area (Å²) in [6.07, 6.45) is 1.48. The molecular weight excluding hydrogens is 328 g/mol. The Morgan fingerprint density at radius 1 is 1.00 bits per heavy atom. The molecule has 0 saturated heterocycles. The van der Waals surface area contributed by atoms with Gasteiger partial charge in [-0.2, -0.15) is 0 Å². The van der Waals surface area contributed by atoms with Gasteiger partial charge in [-0.05, 0) is 23.6 Å². The van der Waals surface area contributed by atoms with Gasteiger partial charge in [0.25, 0.3) is 5.91 Å². The number of thiazole rings is 1. The van der Waals surface area contributed by atoms with E-state index < -0.39 is 0 Å². The van der Waals surface area contributed by atoms with Crippen LogP contribution < -0.4 is 5.32 Å². The zero-order valence-corrected chi connectivity index (χ0v) is 13.4. The van der Waals surface area contributed by atoms with Crippen molar-refractivity contribution in [2.24, 2.45) is 0 Å². The van der Waals surface area contributed by atoms with E-state index in [0.717, 1.165) is 16.1 Å². The highest BCUT2D eigenvalue weighted by molar-refractivity contribution is 7.16. The van der Waals surface area contributed by atoms with Gasteiger partial charge in [-0.3, -0.25) is 15.1 Å². The predicted molar refractivity (Wildman–Crippen MR) is 92.9 cm³/mol. The minimum atomic E-state index is -0.310. The summed E-state index contributed by atoms with van der Waals surface area (Å²) in [5.74, 6) is -0.310. The Hall–Kier alpha value is -2.64. The second-order valence-electron chi connectivity index (χ2n) is 4.71. The third-order valence-electron chi connectivity index (χ3n) is 3.18. The second kappa shape index (κ2) is 5.86. The molecule has 23 heavy (non-hydrogen) atoms. The van der Waals surface area contributed by atoms with Gasteiger partial charge in [0.1, 0.15) is 5.69 Å². The molecule has 0 atom stereocenters. The van der Waals surface area contributed by atoms with Gasteiger partial charge >= 0.3 is 0 Å². The lowest BCUT2D eigenvalue weighted by Crippen LogP contribution is -2.14. The number of thiophene rings is 1. The predicted octanol–water partition coefficient (Wildman–Crippen LogP) is 4.07. The number of nitrogens with zero attached hydrogens (tertiary/aromatic N) is 3. The van der Waals surface area contributed by atoms with Gasteiger partial charge in [0.15, 0.2) is 5.13 Å². The second-order valence-corrected chi connectivity index (χ2v) is 6.52. The van der Waals surface area contributed by atoms with E-state index in [1.807, 2.05) is 47.2 Å². The molecule has 3 aromatic heterocycles. The highest BCUT2D eigenvalue weighted by atomic mass is 32.1. The first-order valence-electron chi connectivity index (χ1n) is 6.82. The molecule has 0 aliphatic heterocycles. The van der Waals surface area contributed by atoms with Crippen LogP contribution in [0.3, 0.4) is 0 Å². The van der Waals surface area contributed by atoms with Crippen molar-refractivity contribution in [3.8, 4) is 10.6 Å². The average Bonchev–Trinajstić information content (AvgIpc) is 3.25. The van der Waals surface area contributed by atoms with Gasteiger partial charge in [-0.1, -0.05) is 18.2 Å². The highest BCUT2D eigenvalue weighted by Crippen LogP contribution is 2.28. The third-order valence-corrected chi connectivity index (χ3v) is 4.83. The first kappa shape index (κ1) is 14.0. The maximum atomic E-state index is 12.3. The van der Waals surface area contributed by atoms with Gasteiger partial charge in [-0.25, -0.2) is 9.97 Å². The molecule has 3 heterocycles. The first-order chi connectivity index (χ1) is 11.3. The van der Waals surface area contributed by atoms with Crippen molar-refractivity contribution < 1.29 is 4.79 Å². The van der Waals surface area contributed by atoms with E-state index in [-0.39, 0.29) is 11.6 Å². The fraction of sp³-hybridized carbons (Fsp3) is 0. The molecule has 5 nitrogen and oxygen atoms in total. The monoisotopic (exact) mass is 338 g/mol. The molecule has 7 heteroatoms. The van der Waals surface area contributed by atoms with Crippen LogP contribution in [0.4, 0.5) is 5.13 Å². The minimum absolute atomic E-state index is 0.275. The summed E-state index contributed by atoms with van der Waals surface area (Å²) in [6.45, 7) is 0. The molecule has 1 amide bonds. The molecule has 0 bridgehead atoms. The van der Waals surface area contributed by atoms with Crippen LogP contribution >= 0.6 is 22.7 Å². The van der Waals surface area contributed by atoms with Gasteiger partial charge in [0, 0.05) is 5.38 Å². The zero-order chi connectivity index (χ0) is 15.6. The molecule has 4 aromatic rings. The maximum Gasteiger partial charge on any atom is 0.277 e. The molecule has 112 valence electrons. The van der Waals surface area contributed by atoms with Crippen LogP contribution in [0.5, 0.6) is 0 Å². The molecule has 0 spiro atoms. The van der Waals surface area contributed by atoms with Gasteiger partial charge in [-0.15, -0.1) is 22.7 Å². The number of carbonyl (C=O) groups excluding carboxylic acids is 1. The summed E-state index contributed by atoms with van der Waals surface area (Å²) < 4.78 is 0. The fourth-order valence-electron chi connectivity index (χ4n) is 2.10. The fourth-order valence-corrected chi connectivity index (χ4v) is 3.56. The zero-order valence-electron chi connectivity index (χ0n) is 11.8. The van der Waals surface area contributed by atoms with Gasteiger partial charge in [0.05, 0.1) is 27.8 Å². The van der Waals surface area contributed by atoms with Crippen LogP contribution in [0.25, 0.3) is 21.6 Å². The lowest BCUT2D eigenvalue weighted by molar-refractivity contribution is 0.102. The average molecular weight is 338 g/mol. The quantitative estimate of drug-likeness (QED) is 0.611. The van der Waals surface area contributed by atoms with E-state index in [4.69, 9.17) is 0 Å². The van der Waals surface area contributed by atoms with E-state index in [1.54, 1.807) is 11.3 Å². The summed E-state index contributed by atoms with van der Waals surface area (Å²) >= 11 is 3.00. The maximum absolute atomic E-state index is 12.3. The van der Waals surface area contributed by atoms with Crippen molar-refractivity contribution in [1.82, 2.24) is 15.0 Å². The van der Waals surface area contributed by atoms with E-state index in [0.29, 0.717) is 10.6 Å². The summed E-state index contributed by atoms with van der Waals surface area (Å²) in [6, 6.07) is 11.4. The van der Waals surface area contributed by atoms with E-state index in [9.17, 15) is 4.79 Å². The van der Waals surface area contributed by atoms with Crippen LogP contribution in [0.1, 0.15) is 10.5 Å². The molecule has 1 N–H and O–H groups in total. The van der Waals surface area contributed by atoms with Crippen LogP contribution in [0.15, 0.2) is 53.4 Å². The van der Waals surface area contributed by atoms with Crippen molar-refractivity contribution in [3.05, 3.63) is 59.0 Å². The molecule has 4 rings (SSSR count). The topological polar surface area (TPSA) is 67.8 Å². The van der Waals surface area contributed by atoms with Crippen LogP contribution in [0.2, 0.25) is 0 Å². The Morgan fingerprint density at radius 2 is 1.87 bits per heavy atom. The Morgan fingerprint density at radius 3 is 2.70 bits per heavy atom. The highest BCUT2D eigenvalue weighted by Gasteiger charge is 2.12. The van der Waals surface area contributed by atoms with Crippen LogP contribution in [-0.2, 0) is 0 Å². The van der Waals surface area contributed by atoms with Gasteiger partial charge in [0.2, 0.25) is 0 Å². The largest absolute Gasteiger partial charge is 0.296 e. The van der Waals surface area contributed by atoms with E-state index in [2.05, 4.69) is 20.3 Å². The minimum Gasteiger partial charge on any atom is -0.296 e. The summed E-state index contributed by atoms with van der Waals surface area (Å²) in [4.78, 5) is 26.4. The number of fused-ring (bicyclic) bond motifs is 1. The molecule has 0 aliphatic rings. The number of hydrogen-bond donors (Lipinski definition) is 1. The van der Waals surface area contributed by atoms with Crippen molar-refractivity contribution in [3.63, 3.8) is 0 Å². The number of aromatic nitrogens is 3. The van der Waals surface area contributed by atoms with Crippen molar-refractivity contribution in [2.75, 3.05) is 5.32 Å². The van der Waals surface area contributed by atoms with E-state index in [1.165, 1.54) is 17.5 Å². The van der Waals surface area contributed by atoms with Crippen molar-refractivity contribution in [1.29, 1.82) is 0 Å². The van der Waals surface area contributed by atoms with Crippen molar-refractivity contribution in [2.45, 2.75) is 0 Å². The Balaban J connectivity index is 1.57. The Bertz CT molecular complexity index is 979. The number of rotatable bonds is 3. The first-order valence-corrected chi connectivity index (χ1v) is 8.58. The van der Waals surface area contributed by atoms with Crippen LogP contribution in [0, 0.1) is 0 Å².